The third kappa shape index (κ3) is 3.71. The Hall–Kier alpha value is -1.62. The van der Waals surface area contributed by atoms with Gasteiger partial charge in [0.2, 0.25) is 0 Å². The number of halogens is 1. The molecule has 94 valence electrons. The lowest BCUT2D eigenvalue weighted by atomic mass is 10.1. The topological polar surface area (TPSA) is 49.8 Å². The average molecular weight is 241 g/mol. The van der Waals surface area contributed by atoms with E-state index in [1.807, 2.05) is 0 Å². The quantitative estimate of drug-likeness (QED) is 0.797. The molecule has 17 heavy (non-hydrogen) atoms. The lowest BCUT2D eigenvalue weighted by molar-refractivity contribution is 0.0776. The minimum absolute atomic E-state index is 0.103. The van der Waals surface area contributed by atoms with Gasteiger partial charge in [0, 0.05) is 33.4 Å². The molecule has 0 fully saturated rings. The summed E-state index contributed by atoms with van der Waals surface area (Å²) in [5.74, 6) is -1.24. The van der Waals surface area contributed by atoms with Crippen molar-refractivity contribution < 1.29 is 19.0 Å². The highest BCUT2D eigenvalue weighted by Crippen LogP contribution is 2.19. The lowest BCUT2D eigenvalue weighted by Gasteiger charge is -2.17. The smallest absolute Gasteiger partial charge is 0.257 e. The summed E-state index contributed by atoms with van der Waals surface area (Å²) >= 11 is 0. The molecule has 0 atom stereocenters. The van der Waals surface area contributed by atoms with Crippen molar-refractivity contribution in [2.45, 2.75) is 6.42 Å². The van der Waals surface area contributed by atoms with E-state index in [4.69, 9.17) is 4.74 Å². The fraction of sp³-hybridized carbons (Fsp3) is 0.417. The van der Waals surface area contributed by atoms with Gasteiger partial charge in [0.1, 0.15) is 11.6 Å². The van der Waals surface area contributed by atoms with Gasteiger partial charge in [0.05, 0.1) is 5.56 Å². The molecule has 0 aliphatic heterocycles. The van der Waals surface area contributed by atoms with Crippen LogP contribution in [0.3, 0.4) is 0 Å². The summed E-state index contributed by atoms with van der Waals surface area (Å²) in [6, 6.07) is 3.35. The number of ether oxygens (including phenoxy) is 1. The van der Waals surface area contributed by atoms with Gasteiger partial charge in [-0.15, -0.1) is 0 Å². The molecule has 0 saturated heterocycles. The van der Waals surface area contributed by atoms with Crippen LogP contribution in [0.1, 0.15) is 16.8 Å². The minimum atomic E-state index is -0.568. The zero-order chi connectivity index (χ0) is 12.8. The largest absolute Gasteiger partial charge is 0.507 e. The van der Waals surface area contributed by atoms with E-state index in [0.717, 1.165) is 12.1 Å². The van der Waals surface area contributed by atoms with E-state index in [1.54, 1.807) is 14.2 Å². The van der Waals surface area contributed by atoms with Gasteiger partial charge < -0.3 is 14.7 Å². The molecule has 1 rings (SSSR count). The van der Waals surface area contributed by atoms with Crippen molar-refractivity contribution >= 4 is 5.91 Å². The van der Waals surface area contributed by atoms with Crippen LogP contribution in [0.2, 0.25) is 0 Å². The Balaban J connectivity index is 2.68. The number of phenolic OH excluding ortho intramolecular Hbond substituents is 1. The molecule has 1 amide bonds. The maximum absolute atomic E-state index is 12.8. The molecule has 0 aromatic heterocycles. The summed E-state index contributed by atoms with van der Waals surface area (Å²) < 4.78 is 17.6. The summed E-state index contributed by atoms with van der Waals surface area (Å²) in [5.41, 5.74) is 0.103. The van der Waals surface area contributed by atoms with Crippen LogP contribution in [0.5, 0.6) is 5.75 Å². The highest BCUT2D eigenvalue weighted by atomic mass is 19.1. The van der Waals surface area contributed by atoms with Crippen molar-refractivity contribution in [1.82, 2.24) is 4.90 Å². The number of rotatable bonds is 5. The van der Waals surface area contributed by atoms with Crippen molar-refractivity contribution in [2.24, 2.45) is 0 Å². The predicted octanol–water partition coefficient (Wildman–Crippen LogP) is 1.64. The molecule has 1 aromatic rings. The molecule has 1 aromatic carbocycles. The summed E-state index contributed by atoms with van der Waals surface area (Å²) in [6.07, 6.45) is 0.709. The van der Waals surface area contributed by atoms with Crippen LogP contribution < -0.4 is 0 Å². The Kier molecular flexibility index (Phi) is 4.90. The van der Waals surface area contributed by atoms with Gasteiger partial charge in [-0.1, -0.05) is 0 Å². The normalized spacial score (nSPS) is 10.3. The van der Waals surface area contributed by atoms with E-state index in [9.17, 15) is 14.3 Å². The van der Waals surface area contributed by atoms with Crippen LogP contribution in [0.25, 0.3) is 0 Å². The van der Waals surface area contributed by atoms with Gasteiger partial charge in [-0.2, -0.15) is 0 Å². The first-order valence-corrected chi connectivity index (χ1v) is 5.29. The van der Waals surface area contributed by atoms with Gasteiger partial charge in [-0.25, -0.2) is 4.39 Å². The zero-order valence-electron chi connectivity index (χ0n) is 9.94. The number of phenols is 1. The number of carbonyl (C=O) groups is 1. The number of amides is 1. The molecule has 0 aliphatic carbocycles. The SMILES string of the molecule is COCCCN(C)C(=O)c1ccc(F)cc1O. The van der Waals surface area contributed by atoms with Crippen molar-refractivity contribution in [3.63, 3.8) is 0 Å². The molecule has 0 spiro atoms. The van der Waals surface area contributed by atoms with Crippen molar-refractivity contribution in [1.29, 1.82) is 0 Å². The minimum Gasteiger partial charge on any atom is -0.507 e. The maximum atomic E-state index is 12.8. The molecule has 0 bridgehead atoms. The second-order valence-corrected chi connectivity index (χ2v) is 3.73. The zero-order valence-corrected chi connectivity index (χ0v) is 9.94. The molecular formula is C12H16FNO3. The number of hydrogen-bond donors (Lipinski definition) is 1. The Morgan fingerprint density at radius 3 is 2.82 bits per heavy atom. The van der Waals surface area contributed by atoms with Crippen LogP contribution in [-0.2, 0) is 4.74 Å². The van der Waals surface area contributed by atoms with Crippen molar-refractivity contribution in [2.75, 3.05) is 27.3 Å². The lowest BCUT2D eigenvalue weighted by Crippen LogP contribution is -2.28. The molecule has 0 heterocycles. The Bertz CT molecular complexity index is 395. The van der Waals surface area contributed by atoms with E-state index in [2.05, 4.69) is 0 Å². The Morgan fingerprint density at radius 1 is 1.53 bits per heavy atom. The molecule has 0 saturated carbocycles. The standard InChI is InChI=1S/C12H16FNO3/c1-14(6-3-7-17-2)12(16)10-5-4-9(13)8-11(10)15/h4-5,8,15H,3,6-7H2,1-2H3. The molecule has 0 aliphatic rings. The Morgan fingerprint density at radius 2 is 2.24 bits per heavy atom. The van der Waals surface area contributed by atoms with Gasteiger partial charge in [0.25, 0.3) is 5.91 Å². The number of nitrogens with zero attached hydrogens (tertiary/aromatic N) is 1. The number of methoxy groups -OCH3 is 1. The van der Waals surface area contributed by atoms with Crippen molar-refractivity contribution in [3.8, 4) is 5.75 Å². The highest BCUT2D eigenvalue weighted by molar-refractivity contribution is 5.96. The summed E-state index contributed by atoms with van der Waals surface area (Å²) in [7, 11) is 3.22. The molecular weight excluding hydrogens is 225 g/mol. The van der Waals surface area contributed by atoms with Crippen molar-refractivity contribution in [3.05, 3.63) is 29.6 Å². The highest BCUT2D eigenvalue weighted by Gasteiger charge is 2.15. The van der Waals surface area contributed by atoms with Crippen LogP contribution in [0.15, 0.2) is 18.2 Å². The van der Waals surface area contributed by atoms with E-state index >= 15 is 0 Å². The number of benzene rings is 1. The first-order valence-electron chi connectivity index (χ1n) is 5.29. The van der Waals surface area contributed by atoms with E-state index in [0.29, 0.717) is 19.6 Å². The third-order valence-electron chi connectivity index (χ3n) is 2.38. The van der Waals surface area contributed by atoms with E-state index < -0.39 is 5.82 Å². The third-order valence-corrected chi connectivity index (χ3v) is 2.38. The van der Waals surface area contributed by atoms with E-state index in [-0.39, 0.29) is 17.2 Å². The van der Waals surface area contributed by atoms with Gasteiger partial charge in [-0.05, 0) is 18.6 Å². The average Bonchev–Trinajstić information content (AvgIpc) is 2.28. The summed E-state index contributed by atoms with van der Waals surface area (Å²) in [4.78, 5) is 13.3. The van der Waals surface area contributed by atoms with Gasteiger partial charge in [0.15, 0.2) is 0 Å². The molecule has 0 radical (unpaired) electrons. The molecule has 5 heteroatoms. The van der Waals surface area contributed by atoms with Crippen LogP contribution >= 0.6 is 0 Å². The molecule has 4 nitrogen and oxygen atoms in total. The fourth-order valence-corrected chi connectivity index (χ4v) is 1.44. The molecule has 0 unspecified atom stereocenters. The number of hydrogen-bond acceptors (Lipinski definition) is 3. The van der Waals surface area contributed by atoms with Gasteiger partial charge in [-0.3, -0.25) is 4.79 Å². The van der Waals surface area contributed by atoms with Crippen LogP contribution in [0, 0.1) is 5.82 Å². The second kappa shape index (κ2) is 6.20. The monoisotopic (exact) mass is 241 g/mol. The maximum Gasteiger partial charge on any atom is 0.257 e. The van der Waals surface area contributed by atoms with Gasteiger partial charge >= 0.3 is 0 Å². The summed E-state index contributed by atoms with van der Waals surface area (Å²) in [5, 5.41) is 9.47. The molecule has 1 N–H and O–H groups in total. The van der Waals surface area contributed by atoms with Crippen LogP contribution in [-0.4, -0.2) is 43.2 Å². The predicted molar refractivity (Wildman–Crippen MR) is 61.5 cm³/mol. The number of carbonyl (C=O) groups excluding carboxylic acids is 1. The summed E-state index contributed by atoms with van der Waals surface area (Å²) in [6.45, 7) is 1.08. The van der Waals surface area contributed by atoms with E-state index in [1.165, 1.54) is 11.0 Å². The first kappa shape index (κ1) is 13.4. The Labute approximate surface area is 99.6 Å². The fourth-order valence-electron chi connectivity index (χ4n) is 1.44. The second-order valence-electron chi connectivity index (χ2n) is 3.73. The first-order chi connectivity index (χ1) is 8.06. The number of aromatic hydroxyl groups is 1. The van der Waals surface area contributed by atoms with Crippen LogP contribution in [0.4, 0.5) is 4.39 Å².